The lowest BCUT2D eigenvalue weighted by molar-refractivity contribution is -0.137. The van der Waals surface area contributed by atoms with Gasteiger partial charge >= 0.3 is 5.97 Å². The second-order valence-electron chi connectivity index (χ2n) is 12.2. The number of hydrogen-bond donors (Lipinski definition) is 3. The Morgan fingerprint density at radius 3 is 2.43 bits per heavy atom. The molecule has 0 aromatic heterocycles. The van der Waals surface area contributed by atoms with E-state index in [-0.39, 0.29) is 66.6 Å². The van der Waals surface area contributed by atoms with Crippen LogP contribution in [0.25, 0.3) is 0 Å². The van der Waals surface area contributed by atoms with E-state index < -0.39 is 17.2 Å². The maximum atomic E-state index is 15.3. The van der Waals surface area contributed by atoms with E-state index in [1.54, 1.807) is 18.2 Å². The van der Waals surface area contributed by atoms with E-state index in [0.29, 0.717) is 54.9 Å². The first kappa shape index (κ1) is 32.6. The molecule has 1 fully saturated rings. The lowest BCUT2D eigenvalue weighted by Crippen LogP contribution is -2.31. The molecule has 1 atom stereocenters. The van der Waals surface area contributed by atoms with Crippen molar-refractivity contribution in [2.75, 3.05) is 45.4 Å². The number of methoxy groups -OCH3 is 2. The number of anilines is 1. The van der Waals surface area contributed by atoms with Crippen LogP contribution in [0.15, 0.2) is 18.2 Å². The van der Waals surface area contributed by atoms with Gasteiger partial charge in [-0.05, 0) is 48.4 Å². The summed E-state index contributed by atoms with van der Waals surface area (Å²) in [5.41, 5.74) is 7.59. The van der Waals surface area contributed by atoms with Gasteiger partial charge < -0.3 is 34.9 Å². The predicted molar refractivity (Wildman–Crippen MR) is 163 cm³/mol. The van der Waals surface area contributed by atoms with E-state index in [1.807, 2.05) is 25.7 Å². The molecule has 44 heavy (non-hydrogen) atoms. The molecule has 1 unspecified atom stereocenters. The standard InChI is InChI=1S/C32H41FN4O7/c1-32(2,3)21-12-19(23(38)17-37-16-20-14-24(42-4)29(43-5)27(33)26(20)30(37)34)13-22(36-10-9-18(15-36)31(35)41)28(21)44-11-7-6-8-25(39)40/h12-14,18,34H,6-11,15-17H2,1-5H3,(H2,35,41)(H,39,40). The Hall–Kier alpha value is -4.35. The Morgan fingerprint density at radius 2 is 1.84 bits per heavy atom. The molecule has 0 saturated carbocycles. The van der Waals surface area contributed by atoms with E-state index in [4.69, 9.17) is 30.5 Å². The molecule has 2 aromatic rings. The van der Waals surface area contributed by atoms with Gasteiger partial charge in [0.15, 0.2) is 23.1 Å². The molecule has 2 aliphatic rings. The molecule has 0 bridgehead atoms. The van der Waals surface area contributed by atoms with Crippen molar-refractivity contribution in [3.8, 4) is 17.2 Å². The minimum Gasteiger partial charge on any atom is -0.493 e. The number of nitrogens with zero attached hydrogens (tertiary/aromatic N) is 2. The van der Waals surface area contributed by atoms with E-state index in [0.717, 1.165) is 5.56 Å². The number of carboxylic acid groups (broad SMARTS) is 1. The zero-order valence-corrected chi connectivity index (χ0v) is 25.9. The average Bonchev–Trinajstić information content (AvgIpc) is 3.57. The van der Waals surface area contributed by atoms with Crippen LogP contribution in [0, 0.1) is 17.1 Å². The van der Waals surface area contributed by atoms with Crippen molar-refractivity contribution in [3.63, 3.8) is 0 Å². The van der Waals surface area contributed by atoms with Crippen LogP contribution in [0.5, 0.6) is 17.2 Å². The van der Waals surface area contributed by atoms with Crippen LogP contribution >= 0.6 is 0 Å². The second-order valence-corrected chi connectivity index (χ2v) is 12.2. The van der Waals surface area contributed by atoms with E-state index in [1.165, 1.54) is 19.1 Å². The normalized spacial score (nSPS) is 16.2. The highest BCUT2D eigenvalue weighted by molar-refractivity contribution is 6.06. The SMILES string of the molecule is COc1cc2c(c(F)c1OC)C(=N)N(CC(=O)c1cc(N3CCC(C(N)=O)C3)c(OCCCCC(=O)O)c(C(C)(C)C)c1)C2. The number of carbonyl (C=O) groups is 3. The summed E-state index contributed by atoms with van der Waals surface area (Å²) in [4.78, 5) is 40.3. The molecule has 1 saturated heterocycles. The third kappa shape index (κ3) is 6.74. The fraction of sp³-hybridized carbons (Fsp3) is 0.500. The smallest absolute Gasteiger partial charge is 0.303 e. The summed E-state index contributed by atoms with van der Waals surface area (Å²) in [6, 6.07) is 5.16. The van der Waals surface area contributed by atoms with Gasteiger partial charge in [-0.25, -0.2) is 4.39 Å². The zero-order valence-electron chi connectivity index (χ0n) is 25.9. The summed E-state index contributed by atoms with van der Waals surface area (Å²) in [7, 11) is 2.73. The fourth-order valence-corrected chi connectivity index (χ4v) is 5.71. The van der Waals surface area contributed by atoms with Gasteiger partial charge in [-0.1, -0.05) is 20.8 Å². The number of benzene rings is 2. The van der Waals surface area contributed by atoms with Gasteiger partial charge in [-0.3, -0.25) is 19.8 Å². The number of aliphatic carboxylic acids is 1. The number of rotatable bonds is 13. The number of amides is 1. The van der Waals surface area contributed by atoms with E-state index in [2.05, 4.69) is 0 Å². The van der Waals surface area contributed by atoms with Gasteiger partial charge in [0.05, 0.1) is 44.5 Å². The van der Waals surface area contributed by atoms with Crippen molar-refractivity contribution in [3.05, 3.63) is 46.3 Å². The Labute approximate surface area is 256 Å². The number of primary amides is 1. The maximum absolute atomic E-state index is 15.3. The molecule has 238 valence electrons. The number of nitrogens with two attached hydrogens (primary N) is 1. The summed E-state index contributed by atoms with van der Waals surface area (Å²) in [6.07, 6.45) is 1.60. The van der Waals surface area contributed by atoms with Crippen molar-refractivity contribution in [1.29, 1.82) is 5.41 Å². The van der Waals surface area contributed by atoms with Crippen LogP contribution in [0.2, 0.25) is 0 Å². The van der Waals surface area contributed by atoms with E-state index in [9.17, 15) is 14.4 Å². The first-order valence-electron chi connectivity index (χ1n) is 14.6. The summed E-state index contributed by atoms with van der Waals surface area (Å²) in [5, 5.41) is 17.7. The van der Waals surface area contributed by atoms with Gasteiger partial charge in [0.1, 0.15) is 11.6 Å². The average molecular weight is 613 g/mol. The van der Waals surface area contributed by atoms with Gasteiger partial charge in [0, 0.05) is 37.2 Å². The number of carbonyl (C=O) groups excluding carboxylic acids is 2. The van der Waals surface area contributed by atoms with E-state index >= 15 is 4.39 Å². The van der Waals surface area contributed by atoms with Gasteiger partial charge in [-0.15, -0.1) is 0 Å². The lowest BCUT2D eigenvalue weighted by atomic mass is 9.84. The number of fused-ring (bicyclic) bond motifs is 1. The number of ether oxygens (including phenoxy) is 3. The summed E-state index contributed by atoms with van der Waals surface area (Å²) >= 11 is 0. The third-order valence-electron chi connectivity index (χ3n) is 8.10. The summed E-state index contributed by atoms with van der Waals surface area (Å²) < 4.78 is 32.0. The number of ketones is 1. The number of amidine groups is 1. The molecule has 0 radical (unpaired) electrons. The van der Waals surface area contributed by atoms with Crippen molar-refractivity contribution in [1.82, 2.24) is 4.90 Å². The number of halogens is 1. The number of hydrogen-bond acceptors (Lipinski definition) is 8. The topological polar surface area (TPSA) is 155 Å². The Balaban J connectivity index is 1.67. The summed E-state index contributed by atoms with van der Waals surface area (Å²) in [6.45, 7) is 7.20. The maximum Gasteiger partial charge on any atom is 0.303 e. The van der Waals surface area contributed by atoms with Crippen LogP contribution in [0.3, 0.4) is 0 Å². The van der Waals surface area contributed by atoms with Crippen LogP contribution in [-0.2, 0) is 21.5 Å². The van der Waals surface area contributed by atoms with Crippen molar-refractivity contribution >= 4 is 29.2 Å². The lowest BCUT2D eigenvalue weighted by Gasteiger charge is -2.30. The molecular formula is C32H41FN4O7. The van der Waals surface area contributed by atoms with Gasteiger partial charge in [0.2, 0.25) is 5.91 Å². The molecule has 2 heterocycles. The molecular weight excluding hydrogens is 571 g/mol. The minimum atomic E-state index is -0.867. The van der Waals surface area contributed by atoms with Crippen LogP contribution in [0.4, 0.5) is 10.1 Å². The second kappa shape index (κ2) is 13.1. The van der Waals surface area contributed by atoms with Crippen LogP contribution < -0.4 is 24.8 Å². The van der Waals surface area contributed by atoms with Gasteiger partial charge in [-0.2, -0.15) is 0 Å². The molecule has 12 heteroatoms. The Kier molecular flexibility index (Phi) is 9.70. The highest BCUT2D eigenvalue weighted by Gasteiger charge is 2.35. The van der Waals surface area contributed by atoms with Crippen molar-refractivity contribution in [2.24, 2.45) is 11.7 Å². The van der Waals surface area contributed by atoms with Gasteiger partial charge in [0.25, 0.3) is 0 Å². The largest absolute Gasteiger partial charge is 0.493 e. The molecule has 2 aromatic carbocycles. The van der Waals surface area contributed by atoms with Crippen molar-refractivity contribution < 1.29 is 38.1 Å². The number of unbranched alkanes of at least 4 members (excludes halogenated alkanes) is 1. The first-order chi connectivity index (χ1) is 20.8. The Bertz CT molecular complexity index is 1470. The number of nitrogens with one attached hydrogen (secondary N) is 1. The highest BCUT2D eigenvalue weighted by Crippen LogP contribution is 2.43. The highest BCUT2D eigenvalue weighted by atomic mass is 19.1. The van der Waals surface area contributed by atoms with Crippen LogP contribution in [-0.4, -0.2) is 74.0 Å². The molecule has 4 rings (SSSR count). The molecule has 0 spiro atoms. The number of Topliss-reactive ketones (excluding diaryl/α,β-unsaturated/α-hetero) is 1. The third-order valence-corrected chi connectivity index (χ3v) is 8.10. The molecule has 1 amide bonds. The summed E-state index contributed by atoms with van der Waals surface area (Å²) in [5.74, 6) is -2.00. The molecule has 2 aliphatic heterocycles. The van der Waals surface area contributed by atoms with Crippen molar-refractivity contribution in [2.45, 2.75) is 58.4 Å². The fourth-order valence-electron chi connectivity index (χ4n) is 5.71. The Morgan fingerprint density at radius 1 is 1.11 bits per heavy atom. The monoisotopic (exact) mass is 612 g/mol. The molecule has 11 nitrogen and oxygen atoms in total. The van der Waals surface area contributed by atoms with Crippen LogP contribution in [0.1, 0.15) is 73.5 Å². The molecule has 4 N–H and O–H groups in total. The first-order valence-corrected chi connectivity index (χ1v) is 14.6. The minimum absolute atomic E-state index is 0.0427. The zero-order chi connectivity index (χ0) is 32.3. The quantitative estimate of drug-likeness (QED) is 0.224. The predicted octanol–water partition coefficient (Wildman–Crippen LogP) is 4.11. The number of carboxylic acids is 1. The molecule has 0 aliphatic carbocycles.